The zero-order chi connectivity index (χ0) is 27.7. The summed E-state index contributed by atoms with van der Waals surface area (Å²) in [7, 11) is 3.18. The molecule has 1 aromatic rings. The van der Waals surface area contributed by atoms with Crippen molar-refractivity contribution in [3.63, 3.8) is 0 Å². The summed E-state index contributed by atoms with van der Waals surface area (Å²) in [6.07, 6.45) is 3.78. The number of aliphatic hydroxyl groups is 3. The van der Waals surface area contributed by atoms with Crippen LogP contribution in [0.15, 0.2) is 28.7 Å². The first-order chi connectivity index (χ1) is 17.9. The van der Waals surface area contributed by atoms with Crippen molar-refractivity contribution >= 4 is 29.1 Å². The highest BCUT2D eigenvalue weighted by Crippen LogP contribution is 2.53. The van der Waals surface area contributed by atoms with Crippen molar-refractivity contribution in [3.8, 4) is 5.75 Å². The molecule has 0 aliphatic heterocycles. The minimum absolute atomic E-state index is 0.0208. The van der Waals surface area contributed by atoms with Crippen molar-refractivity contribution in [1.29, 1.82) is 0 Å². The number of halogens is 1. The van der Waals surface area contributed by atoms with Crippen LogP contribution in [0.25, 0.3) is 0 Å². The van der Waals surface area contributed by atoms with E-state index in [0.29, 0.717) is 28.6 Å². The molecule has 0 aromatic heterocycles. The van der Waals surface area contributed by atoms with Crippen LogP contribution in [-0.2, 0) is 22.6 Å². The van der Waals surface area contributed by atoms with E-state index in [-0.39, 0.29) is 29.7 Å². The van der Waals surface area contributed by atoms with Gasteiger partial charge in [-0.25, -0.2) is 0 Å². The van der Waals surface area contributed by atoms with E-state index in [1.54, 1.807) is 14.1 Å². The van der Waals surface area contributed by atoms with Crippen LogP contribution < -0.4 is 11.1 Å². The minimum atomic E-state index is -2.66. The topological polar surface area (TPSA) is 173 Å². The molecule has 204 valence electrons. The van der Waals surface area contributed by atoms with Crippen LogP contribution in [0.3, 0.4) is 0 Å². The Bertz CT molecular complexity index is 1320. The second-order valence-electron chi connectivity index (χ2n) is 11.1. The number of nitrogens with one attached hydrogen (secondary N) is 1. The van der Waals surface area contributed by atoms with Crippen molar-refractivity contribution in [2.75, 3.05) is 20.6 Å². The molecule has 0 bridgehead atoms. The number of amides is 1. The number of allylic oxidation sites excluding steroid dienone is 1. The molecule has 1 aromatic carbocycles. The zero-order valence-corrected chi connectivity index (χ0v) is 22.0. The highest BCUT2D eigenvalue weighted by atomic mass is 35.5. The number of carbonyl (C=O) groups is 3. The van der Waals surface area contributed by atoms with E-state index in [1.165, 1.54) is 30.2 Å². The monoisotopic (exact) mass is 545 g/mol. The number of rotatable bonds is 6. The Morgan fingerprint density at radius 1 is 1.24 bits per heavy atom. The SMILES string of the molecule is CN(C)[C@@H]1C(O)=C(C(N)=O)C(=O)[C@@]2(O)C(O)=C3C(=O)c4c(O)cc(CNCC5CCC5)c(Cl)c4C[C@H]3C[C@@H]12. The van der Waals surface area contributed by atoms with Crippen LogP contribution in [0.2, 0.25) is 5.02 Å². The first-order valence-corrected chi connectivity index (χ1v) is 13.2. The van der Waals surface area contributed by atoms with Gasteiger partial charge in [-0.2, -0.15) is 0 Å². The predicted molar refractivity (Wildman–Crippen MR) is 138 cm³/mol. The van der Waals surface area contributed by atoms with Crippen LogP contribution in [0.1, 0.15) is 47.2 Å². The molecule has 4 aliphatic rings. The average Bonchev–Trinajstić information content (AvgIpc) is 2.80. The molecular weight excluding hydrogens is 514 g/mol. The molecule has 4 atom stereocenters. The van der Waals surface area contributed by atoms with Crippen LogP contribution in [0.5, 0.6) is 5.75 Å². The quantitative estimate of drug-likeness (QED) is 0.290. The van der Waals surface area contributed by atoms with Gasteiger partial charge < -0.3 is 31.5 Å². The fraction of sp³-hybridized carbons (Fsp3) is 0.519. The first kappa shape index (κ1) is 26.7. The average molecular weight is 546 g/mol. The summed E-state index contributed by atoms with van der Waals surface area (Å²) in [5, 5.41) is 48.3. The maximum Gasteiger partial charge on any atom is 0.255 e. The number of carbonyl (C=O) groups excluding carboxylic acids is 3. The Morgan fingerprint density at radius 3 is 2.50 bits per heavy atom. The molecule has 38 heavy (non-hydrogen) atoms. The number of hydrogen-bond donors (Lipinski definition) is 6. The third-order valence-electron chi connectivity index (χ3n) is 8.70. The number of aromatic hydroxyl groups is 1. The molecule has 0 radical (unpaired) electrons. The number of aliphatic hydroxyl groups excluding tert-OH is 2. The van der Waals surface area contributed by atoms with Gasteiger partial charge in [-0.05, 0) is 75.4 Å². The molecule has 1 fully saturated rings. The molecule has 10 nitrogen and oxygen atoms in total. The molecule has 4 aliphatic carbocycles. The summed E-state index contributed by atoms with van der Waals surface area (Å²) in [6, 6.07) is 0.386. The van der Waals surface area contributed by atoms with Crippen LogP contribution in [-0.4, -0.2) is 75.1 Å². The summed E-state index contributed by atoms with van der Waals surface area (Å²) >= 11 is 6.75. The highest BCUT2D eigenvalue weighted by Gasteiger charge is 2.63. The largest absolute Gasteiger partial charge is 0.510 e. The molecule has 1 amide bonds. The number of likely N-dealkylation sites (N-methyl/N-ethyl adjacent to an activating group) is 1. The number of ketones is 2. The number of phenolic OH excluding ortho intramolecular Hbond substituents is 1. The van der Waals surface area contributed by atoms with E-state index in [9.17, 15) is 34.8 Å². The van der Waals surface area contributed by atoms with E-state index in [4.69, 9.17) is 17.3 Å². The van der Waals surface area contributed by atoms with Gasteiger partial charge >= 0.3 is 0 Å². The van der Waals surface area contributed by atoms with E-state index >= 15 is 0 Å². The normalized spacial score (nSPS) is 29.2. The van der Waals surface area contributed by atoms with Gasteiger partial charge in [-0.15, -0.1) is 0 Å². The number of nitrogens with zero attached hydrogens (tertiary/aromatic N) is 1. The Kier molecular flexibility index (Phi) is 6.58. The lowest BCUT2D eigenvalue weighted by Crippen LogP contribution is -2.63. The van der Waals surface area contributed by atoms with Gasteiger partial charge in [0.1, 0.15) is 22.8 Å². The van der Waals surface area contributed by atoms with Crippen molar-refractivity contribution < 1.29 is 34.8 Å². The van der Waals surface area contributed by atoms with E-state index in [0.717, 1.165) is 6.54 Å². The van der Waals surface area contributed by atoms with Gasteiger partial charge in [0.2, 0.25) is 5.78 Å². The van der Waals surface area contributed by atoms with Gasteiger partial charge in [0.15, 0.2) is 11.4 Å². The Hall–Kier alpha value is -2.92. The Labute approximate surface area is 224 Å². The smallest absolute Gasteiger partial charge is 0.255 e. The molecule has 5 rings (SSSR count). The summed E-state index contributed by atoms with van der Waals surface area (Å²) in [5.41, 5.74) is 2.65. The lowest BCUT2D eigenvalue weighted by molar-refractivity contribution is -0.148. The molecule has 0 unspecified atom stereocenters. The molecule has 0 saturated heterocycles. The molecular formula is C27H32ClN3O7. The summed E-state index contributed by atoms with van der Waals surface area (Å²) in [5.74, 6) is -6.17. The van der Waals surface area contributed by atoms with Gasteiger partial charge in [0, 0.05) is 23.1 Å². The number of hydrogen-bond acceptors (Lipinski definition) is 9. The standard InChI is InChI=1S/C27H32ClN3O7/c1-31(2)21-15-7-12-6-14-18(16(32)8-13(20(14)28)10-30-9-11-4-3-5-11)22(33)17(12)24(35)27(15,38)25(36)19(23(21)34)26(29)37/h8,11-12,15,21,30,32,34-35,38H,3-7,9-10H2,1-2H3,(H2,29,37)/t12-,15-,21-,27-/m0/s1. The second-order valence-corrected chi connectivity index (χ2v) is 11.5. The summed E-state index contributed by atoms with van der Waals surface area (Å²) < 4.78 is 0. The van der Waals surface area contributed by atoms with Crippen molar-refractivity contribution in [3.05, 3.63) is 50.4 Å². The first-order valence-electron chi connectivity index (χ1n) is 12.8. The third kappa shape index (κ3) is 3.77. The Morgan fingerprint density at radius 2 is 1.92 bits per heavy atom. The fourth-order valence-electron chi connectivity index (χ4n) is 6.59. The van der Waals surface area contributed by atoms with E-state index < -0.39 is 58.0 Å². The number of nitrogens with two attached hydrogens (primary N) is 1. The second kappa shape index (κ2) is 9.37. The van der Waals surface area contributed by atoms with Crippen molar-refractivity contribution in [2.24, 2.45) is 23.5 Å². The number of primary amides is 1. The van der Waals surface area contributed by atoms with Crippen LogP contribution in [0, 0.1) is 17.8 Å². The number of fused-ring (bicyclic) bond motifs is 3. The van der Waals surface area contributed by atoms with Crippen LogP contribution in [0.4, 0.5) is 0 Å². The maximum atomic E-state index is 13.7. The number of benzene rings is 1. The minimum Gasteiger partial charge on any atom is -0.510 e. The lowest BCUT2D eigenvalue weighted by atomic mass is 9.58. The summed E-state index contributed by atoms with van der Waals surface area (Å²) in [4.78, 5) is 40.6. The third-order valence-corrected chi connectivity index (χ3v) is 9.17. The predicted octanol–water partition coefficient (Wildman–Crippen LogP) is 1.66. The molecule has 0 heterocycles. The molecule has 11 heteroatoms. The van der Waals surface area contributed by atoms with Crippen LogP contribution >= 0.6 is 11.6 Å². The molecule has 7 N–H and O–H groups in total. The number of Topliss-reactive ketones (excluding diaryl/α,β-unsaturated/α-hetero) is 2. The van der Waals surface area contributed by atoms with E-state index in [1.807, 2.05) is 0 Å². The molecule has 1 saturated carbocycles. The van der Waals surface area contributed by atoms with Crippen molar-refractivity contribution in [2.45, 2.75) is 50.3 Å². The Balaban J connectivity index is 1.58. The molecule has 0 spiro atoms. The lowest BCUT2D eigenvalue weighted by Gasteiger charge is -2.50. The van der Waals surface area contributed by atoms with Gasteiger partial charge in [-0.3, -0.25) is 19.3 Å². The van der Waals surface area contributed by atoms with E-state index in [2.05, 4.69) is 5.32 Å². The van der Waals surface area contributed by atoms with Gasteiger partial charge in [0.05, 0.1) is 11.6 Å². The maximum absolute atomic E-state index is 13.7. The van der Waals surface area contributed by atoms with Gasteiger partial charge in [-0.1, -0.05) is 18.0 Å². The van der Waals surface area contributed by atoms with Crippen molar-refractivity contribution in [1.82, 2.24) is 10.2 Å². The van der Waals surface area contributed by atoms with Gasteiger partial charge in [0.25, 0.3) is 5.91 Å². The zero-order valence-electron chi connectivity index (χ0n) is 21.3. The summed E-state index contributed by atoms with van der Waals surface area (Å²) in [6.45, 7) is 1.25. The highest BCUT2D eigenvalue weighted by molar-refractivity contribution is 6.33. The fourth-order valence-corrected chi connectivity index (χ4v) is 6.88. The number of phenols is 1.